The van der Waals surface area contributed by atoms with Crippen molar-refractivity contribution in [2.45, 2.75) is 97.4 Å². The molecule has 280 valence electrons. The van der Waals surface area contributed by atoms with Gasteiger partial charge in [0.05, 0.1) is 31.7 Å². The van der Waals surface area contributed by atoms with Gasteiger partial charge in [-0.15, -0.1) is 22.7 Å². The molecule has 0 saturated heterocycles. The number of anilines is 1. The van der Waals surface area contributed by atoms with Crippen LogP contribution in [-0.4, -0.2) is 53.2 Å². The number of aryl methyl sites for hydroxylation is 4. The standard InChI is InChI=1S/C23H28ClN3O3S.C15H19ClN2O2S/c1-15-12-17-22(25-14-16-10-11-19(29-2)18(24)13-16)26-20(27-23(17)31-15)8-6-4-5-7-9-21(28)30-3;1-10-9-11-14(16)17-12(18-15(11)21-10)7-5-3-4-6-8-13(19)20-2/h10-13H,4-9,14H2,1-3H3,(H,25,26,27);9H,3-8H2,1-2H3. The number of fused-ring (bicyclic) bond motifs is 2. The first-order valence-corrected chi connectivity index (χ1v) is 19.9. The summed E-state index contributed by atoms with van der Waals surface area (Å²) in [6.07, 6.45) is 10.5. The molecule has 0 radical (unpaired) electrons. The minimum Gasteiger partial charge on any atom is -0.495 e. The molecule has 0 unspecified atom stereocenters. The SMILES string of the molecule is COC(=O)CCCCCCc1nc(Cl)c2cc(C)sc2n1.COC(=O)CCCCCCc1nc(NCc2ccc(OC)c(Cl)c2)c2cc(C)sc2n1. The maximum atomic E-state index is 11.2. The predicted octanol–water partition coefficient (Wildman–Crippen LogP) is 10.3. The molecule has 5 aromatic rings. The number of thiophene rings is 2. The summed E-state index contributed by atoms with van der Waals surface area (Å²) in [5.74, 6) is 2.89. The van der Waals surface area contributed by atoms with E-state index in [-0.39, 0.29) is 11.9 Å². The zero-order valence-corrected chi connectivity index (χ0v) is 33.6. The fraction of sp³-hybridized carbons (Fsp3) is 0.474. The van der Waals surface area contributed by atoms with Gasteiger partial charge in [-0.25, -0.2) is 19.9 Å². The fourth-order valence-electron chi connectivity index (χ4n) is 5.51. The average Bonchev–Trinajstić information content (AvgIpc) is 3.71. The zero-order chi connectivity index (χ0) is 37.5. The molecular weight excluding hydrogens is 741 g/mol. The van der Waals surface area contributed by atoms with Gasteiger partial charge in [0.25, 0.3) is 0 Å². The van der Waals surface area contributed by atoms with Gasteiger partial charge in [-0.3, -0.25) is 9.59 Å². The summed E-state index contributed by atoms with van der Waals surface area (Å²) in [7, 11) is 4.46. The summed E-state index contributed by atoms with van der Waals surface area (Å²) in [6, 6.07) is 9.91. The number of halogens is 2. The molecule has 0 bridgehead atoms. The van der Waals surface area contributed by atoms with Crippen LogP contribution in [0.15, 0.2) is 30.3 Å². The van der Waals surface area contributed by atoms with Crippen LogP contribution in [0.2, 0.25) is 10.2 Å². The minimum atomic E-state index is -0.143. The van der Waals surface area contributed by atoms with Crippen molar-refractivity contribution in [1.29, 1.82) is 0 Å². The molecule has 0 aliphatic carbocycles. The van der Waals surface area contributed by atoms with Gasteiger partial charge in [0.15, 0.2) is 0 Å². The van der Waals surface area contributed by atoms with E-state index in [4.69, 9.17) is 37.9 Å². The Morgan fingerprint density at radius 2 is 1.23 bits per heavy atom. The summed E-state index contributed by atoms with van der Waals surface area (Å²) < 4.78 is 14.5. The maximum absolute atomic E-state index is 11.2. The molecular formula is C38H47Cl2N5O5S2. The van der Waals surface area contributed by atoms with Crippen LogP contribution < -0.4 is 10.1 Å². The molecule has 14 heteroatoms. The van der Waals surface area contributed by atoms with Crippen molar-refractivity contribution in [2.75, 3.05) is 26.6 Å². The third-order valence-electron chi connectivity index (χ3n) is 8.27. The molecule has 0 aliphatic heterocycles. The molecule has 4 aromatic heterocycles. The number of ether oxygens (including phenoxy) is 3. The van der Waals surface area contributed by atoms with Crippen molar-refractivity contribution in [3.05, 3.63) is 67.5 Å². The van der Waals surface area contributed by atoms with Crippen molar-refractivity contribution >= 4 is 84.1 Å². The number of aromatic nitrogens is 4. The molecule has 0 saturated carbocycles. The van der Waals surface area contributed by atoms with E-state index in [1.807, 2.05) is 31.2 Å². The monoisotopic (exact) mass is 787 g/mol. The lowest BCUT2D eigenvalue weighted by atomic mass is 10.1. The lowest BCUT2D eigenvalue weighted by Crippen LogP contribution is -2.05. The molecule has 0 amide bonds. The number of esters is 2. The highest BCUT2D eigenvalue weighted by Crippen LogP contribution is 2.31. The molecule has 1 N–H and O–H groups in total. The van der Waals surface area contributed by atoms with Crippen molar-refractivity contribution in [2.24, 2.45) is 0 Å². The van der Waals surface area contributed by atoms with Crippen molar-refractivity contribution < 1.29 is 23.8 Å². The van der Waals surface area contributed by atoms with E-state index in [1.54, 1.807) is 29.8 Å². The number of nitrogens with zero attached hydrogens (tertiary/aromatic N) is 4. The van der Waals surface area contributed by atoms with E-state index in [2.05, 4.69) is 37.7 Å². The Balaban J connectivity index is 0.000000251. The first-order valence-electron chi connectivity index (χ1n) is 17.5. The highest BCUT2D eigenvalue weighted by Gasteiger charge is 2.12. The molecule has 0 aliphatic rings. The Morgan fingerprint density at radius 3 is 1.79 bits per heavy atom. The Kier molecular flexibility index (Phi) is 16.8. The minimum absolute atomic E-state index is 0.136. The number of methoxy groups -OCH3 is 3. The van der Waals surface area contributed by atoms with Crippen LogP contribution >= 0.6 is 45.9 Å². The van der Waals surface area contributed by atoms with E-state index in [0.717, 1.165) is 108 Å². The second-order valence-electron chi connectivity index (χ2n) is 12.4. The summed E-state index contributed by atoms with van der Waals surface area (Å²) in [4.78, 5) is 45.0. The van der Waals surface area contributed by atoms with Gasteiger partial charge in [-0.1, -0.05) is 55.0 Å². The molecule has 0 spiro atoms. The number of carbonyl (C=O) groups excluding carboxylic acids is 2. The molecule has 0 atom stereocenters. The van der Waals surface area contributed by atoms with Crippen LogP contribution in [0, 0.1) is 13.8 Å². The van der Waals surface area contributed by atoms with Gasteiger partial charge in [0, 0.05) is 47.4 Å². The Morgan fingerprint density at radius 1 is 0.692 bits per heavy atom. The highest BCUT2D eigenvalue weighted by molar-refractivity contribution is 7.19. The van der Waals surface area contributed by atoms with Gasteiger partial charge < -0.3 is 19.5 Å². The molecule has 0 fully saturated rings. The average molecular weight is 789 g/mol. The van der Waals surface area contributed by atoms with E-state index in [1.165, 1.54) is 24.0 Å². The number of nitrogens with one attached hydrogen (secondary N) is 1. The number of hydrogen-bond donors (Lipinski definition) is 1. The van der Waals surface area contributed by atoms with Crippen LogP contribution in [0.5, 0.6) is 5.75 Å². The van der Waals surface area contributed by atoms with Crippen LogP contribution in [0.1, 0.15) is 91.2 Å². The van der Waals surface area contributed by atoms with Crippen LogP contribution in [-0.2, 0) is 38.4 Å². The van der Waals surface area contributed by atoms with E-state index >= 15 is 0 Å². The first-order chi connectivity index (χ1) is 25.1. The van der Waals surface area contributed by atoms with Crippen LogP contribution in [0.4, 0.5) is 5.82 Å². The topological polar surface area (TPSA) is 125 Å². The van der Waals surface area contributed by atoms with Gasteiger partial charge in [0.2, 0.25) is 0 Å². The fourth-order valence-corrected chi connectivity index (χ4v) is 7.89. The van der Waals surface area contributed by atoms with Gasteiger partial charge in [-0.05, 0) is 69.4 Å². The normalized spacial score (nSPS) is 11.0. The third-order valence-corrected chi connectivity index (χ3v) is 10.7. The number of carbonyl (C=O) groups is 2. The van der Waals surface area contributed by atoms with Gasteiger partial charge in [0.1, 0.15) is 38.0 Å². The number of unbranched alkanes of at least 4 members (excludes halogenated alkanes) is 6. The Labute approximate surface area is 323 Å². The highest BCUT2D eigenvalue weighted by atomic mass is 35.5. The lowest BCUT2D eigenvalue weighted by molar-refractivity contribution is -0.141. The van der Waals surface area contributed by atoms with E-state index in [0.29, 0.717) is 35.3 Å². The Hall–Kier alpha value is -3.58. The molecule has 5 rings (SSSR count). The van der Waals surface area contributed by atoms with Crippen LogP contribution in [0.3, 0.4) is 0 Å². The quantitative estimate of drug-likeness (QED) is 0.0521. The van der Waals surface area contributed by atoms with Crippen molar-refractivity contribution in [1.82, 2.24) is 19.9 Å². The maximum Gasteiger partial charge on any atom is 0.305 e. The summed E-state index contributed by atoms with van der Waals surface area (Å²) in [5.41, 5.74) is 1.05. The number of rotatable bonds is 18. The second kappa shape index (κ2) is 21.2. The summed E-state index contributed by atoms with van der Waals surface area (Å²) in [6.45, 7) is 4.74. The van der Waals surface area contributed by atoms with Crippen LogP contribution in [0.25, 0.3) is 20.4 Å². The molecule has 10 nitrogen and oxygen atoms in total. The second-order valence-corrected chi connectivity index (χ2v) is 15.6. The number of hydrogen-bond acceptors (Lipinski definition) is 12. The third kappa shape index (κ3) is 12.8. The summed E-state index contributed by atoms with van der Waals surface area (Å²) >= 11 is 15.8. The molecule has 1 aromatic carbocycles. The van der Waals surface area contributed by atoms with E-state index in [9.17, 15) is 9.59 Å². The van der Waals surface area contributed by atoms with Gasteiger partial charge in [-0.2, -0.15) is 0 Å². The van der Waals surface area contributed by atoms with E-state index < -0.39 is 0 Å². The zero-order valence-electron chi connectivity index (χ0n) is 30.5. The molecule has 52 heavy (non-hydrogen) atoms. The largest absolute Gasteiger partial charge is 0.495 e. The molecule has 4 heterocycles. The Bertz CT molecular complexity index is 1930. The number of benzene rings is 1. The smallest absolute Gasteiger partial charge is 0.305 e. The predicted molar refractivity (Wildman–Crippen MR) is 212 cm³/mol. The van der Waals surface area contributed by atoms with Gasteiger partial charge >= 0.3 is 11.9 Å². The van der Waals surface area contributed by atoms with Crippen molar-refractivity contribution in [3.8, 4) is 5.75 Å². The van der Waals surface area contributed by atoms with Crippen molar-refractivity contribution in [3.63, 3.8) is 0 Å². The summed E-state index contributed by atoms with van der Waals surface area (Å²) in [5, 5.41) is 6.59. The lowest BCUT2D eigenvalue weighted by Gasteiger charge is -2.10. The first kappa shape index (κ1) is 41.2.